The van der Waals surface area contributed by atoms with Crippen LogP contribution in [-0.2, 0) is 4.79 Å². The lowest BCUT2D eigenvalue weighted by Crippen LogP contribution is -2.27. The topological polar surface area (TPSA) is 66.4 Å². The molecular formula is C19H21NO3S. The number of rotatable bonds is 4. The first kappa shape index (κ1) is 16.7. The Morgan fingerprint density at radius 3 is 2.42 bits per heavy atom. The molecule has 2 N–H and O–H groups in total. The number of amides is 1. The van der Waals surface area contributed by atoms with Crippen LogP contribution in [0.1, 0.15) is 42.3 Å². The average Bonchev–Trinajstić information content (AvgIpc) is 3.00. The molecule has 4 nitrogen and oxygen atoms in total. The molecule has 2 aromatic rings. The summed E-state index contributed by atoms with van der Waals surface area (Å²) in [4.78, 5) is 25.1. The van der Waals surface area contributed by atoms with E-state index in [1.54, 1.807) is 6.07 Å². The lowest BCUT2D eigenvalue weighted by molar-refractivity contribution is -0.121. The predicted octanol–water partition coefficient (Wildman–Crippen LogP) is 4.88. The van der Waals surface area contributed by atoms with Crippen molar-refractivity contribution in [1.29, 1.82) is 0 Å². The van der Waals surface area contributed by atoms with E-state index < -0.39 is 5.97 Å². The zero-order valence-corrected chi connectivity index (χ0v) is 14.4. The van der Waals surface area contributed by atoms with E-state index in [1.165, 1.54) is 11.3 Å². The molecule has 0 atom stereocenters. The summed E-state index contributed by atoms with van der Waals surface area (Å²) in [6.07, 6.45) is 3.88. The number of carbonyl (C=O) groups is 2. The third-order valence-corrected chi connectivity index (χ3v) is 5.80. The molecule has 0 radical (unpaired) electrons. The highest BCUT2D eigenvalue weighted by Gasteiger charge is 2.26. The fourth-order valence-corrected chi connectivity index (χ4v) is 4.10. The molecule has 5 heteroatoms. The molecule has 3 rings (SSSR count). The van der Waals surface area contributed by atoms with Crippen LogP contribution in [0.15, 0.2) is 36.4 Å². The van der Waals surface area contributed by atoms with Gasteiger partial charge in [0, 0.05) is 10.8 Å². The van der Waals surface area contributed by atoms with Gasteiger partial charge in [-0.05, 0) is 43.2 Å². The maximum Gasteiger partial charge on any atom is 0.348 e. The average molecular weight is 343 g/mol. The van der Waals surface area contributed by atoms with Gasteiger partial charge in [0.15, 0.2) is 0 Å². The normalized spacial score (nSPS) is 20.5. The zero-order chi connectivity index (χ0) is 17.1. The van der Waals surface area contributed by atoms with Gasteiger partial charge in [0.05, 0.1) is 5.69 Å². The lowest BCUT2D eigenvalue weighted by Gasteiger charge is -2.25. The Bertz CT molecular complexity index is 730. The molecular weight excluding hydrogens is 322 g/mol. The van der Waals surface area contributed by atoms with Crippen molar-refractivity contribution in [3.8, 4) is 10.4 Å². The summed E-state index contributed by atoms with van der Waals surface area (Å²) in [5, 5.41) is 12.3. The van der Waals surface area contributed by atoms with Gasteiger partial charge in [-0.15, -0.1) is 11.3 Å². The van der Waals surface area contributed by atoms with E-state index in [9.17, 15) is 14.7 Å². The van der Waals surface area contributed by atoms with E-state index in [0.29, 0.717) is 11.6 Å². The maximum absolute atomic E-state index is 12.5. The number of carboxylic acids is 1. The minimum absolute atomic E-state index is 0.0112. The summed E-state index contributed by atoms with van der Waals surface area (Å²) < 4.78 is 0. The number of hydrogen-bond acceptors (Lipinski definition) is 3. The van der Waals surface area contributed by atoms with E-state index >= 15 is 0 Å². The SMILES string of the molecule is CC1CCC(C(=O)Nc2cc(-c3ccccc3)sc2C(=O)O)CC1. The van der Waals surface area contributed by atoms with E-state index in [2.05, 4.69) is 12.2 Å². The zero-order valence-electron chi connectivity index (χ0n) is 13.6. The molecule has 0 aliphatic heterocycles. The smallest absolute Gasteiger partial charge is 0.348 e. The van der Waals surface area contributed by atoms with Crippen molar-refractivity contribution >= 4 is 28.9 Å². The molecule has 1 aromatic carbocycles. The van der Waals surface area contributed by atoms with Crippen molar-refractivity contribution in [2.45, 2.75) is 32.6 Å². The number of thiophene rings is 1. The Balaban J connectivity index is 1.80. The van der Waals surface area contributed by atoms with Crippen molar-refractivity contribution < 1.29 is 14.7 Å². The minimum atomic E-state index is -1.00. The molecule has 1 amide bonds. The fraction of sp³-hybridized carbons (Fsp3) is 0.368. The van der Waals surface area contributed by atoms with E-state index in [0.717, 1.165) is 36.1 Å². The predicted molar refractivity (Wildman–Crippen MR) is 96.5 cm³/mol. The molecule has 0 spiro atoms. The van der Waals surface area contributed by atoms with Crippen LogP contribution in [-0.4, -0.2) is 17.0 Å². The minimum Gasteiger partial charge on any atom is -0.477 e. The second-order valence-corrected chi connectivity index (χ2v) is 7.52. The maximum atomic E-state index is 12.5. The summed E-state index contributed by atoms with van der Waals surface area (Å²) in [6.45, 7) is 2.21. The monoisotopic (exact) mass is 343 g/mol. The summed E-state index contributed by atoms with van der Waals surface area (Å²) in [5.74, 6) is -0.394. The molecule has 1 aliphatic rings. The quantitative estimate of drug-likeness (QED) is 0.831. The van der Waals surface area contributed by atoms with Gasteiger partial charge in [-0.3, -0.25) is 4.79 Å². The van der Waals surface area contributed by atoms with Crippen molar-refractivity contribution in [2.24, 2.45) is 11.8 Å². The number of carbonyl (C=O) groups excluding carboxylic acids is 1. The van der Waals surface area contributed by atoms with Gasteiger partial charge in [-0.2, -0.15) is 0 Å². The molecule has 126 valence electrons. The Morgan fingerprint density at radius 1 is 1.12 bits per heavy atom. The third kappa shape index (κ3) is 3.67. The fourth-order valence-electron chi connectivity index (χ4n) is 3.14. The van der Waals surface area contributed by atoms with Crippen LogP contribution in [0.25, 0.3) is 10.4 Å². The lowest BCUT2D eigenvalue weighted by atomic mass is 9.82. The number of anilines is 1. The molecule has 1 aromatic heterocycles. The van der Waals surface area contributed by atoms with Crippen molar-refractivity contribution in [3.05, 3.63) is 41.3 Å². The molecule has 1 fully saturated rings. The Kier molecular flexibility index (Phi) is 5.00. The first-order valence-electron chi connectivity index (χ1n) is 8.28. The van der Waals surface area contributed by atoms with E-state index in [4.69, 9.17) is 0 Å². The van der Waals surface area contributed by atoms with Crippen molar-refractivity contribution in [2.75, 3.05) is 5.32 Å². The second-order valence-electron chi connectivity index (χ2n) is 6.47. The molecule has 1 heterocycles. The summed E-state index contributed by atoms with van der Waals surface area (Å²) >= 11 is 1.20. The van der Waals surface area contributed by atoms with Crippen LogP contribution in [0, 0.1) is 11.8 Å². The summed E-state index contributed by atoms with van der Waals surface area (Å²) in [6, 6.07) is 11.4. The highest BCUT2D eigenvalue weighted by atomic mass is 32.1. The van der Waals surface area contributed by atoms with Gasteiger partial charge >= 0.3 is 5.97 Å². The van der Waals surface area contributed by atoms with Gasteiger partial charge in [0.1, 0.15) is 4.88 Å². The van der Waals surface area contributed by atoms with Crippen LogP contribution in [0.5, 0.6) is 0 Å². The van der Waals surface area contributed by atoms with E-state index in [1.807, 2.05) is 30.3 Å². The van der Waals surface area contributed by atoms with Crippen LogP contribution in [0.4, 0.5) is 5.69 Å². The number of nitrogens with one attached hydrogen (secondary N) is 1. The highest BCUT2D eigenvalue weighted by molar-refractivity contribution is 7.18. The van der Waals surface area contributed by atoms with E-state index in [-0.39, 0.29) is 16.7 Å². The largest absolute Gasteiger partial charge is 0.477 e. The van der Waals surface area contributed by atoms with Crippen molar-refractivity contribution in [3.63, 3.8) is 0 Å². The van der Waals surface area contributed by atoms with Gasteiger partial charge in [-0.25, -0.2) is 4.79 Å². The number of aromatic carboxylic acids is 1. The Hall–Kier alpha value is -2.14. The van der Waals surface area contributed by atoms with Gasteiger partial charge < -0.3 is 10.4 Å². The molecule has 1 aliphatic carbocycles. The Morgan fingerprint density at radius 2 is 1.79 bits per heavy atom. The van der Waals surface area contributed by atoms with Gasteiger partial charge in [0.25, 0.3) is 0 Å². The highest BCUT2D eigenvalue weighted by Crippen LogP contribution is 2.36. The number of hydrogen-bond donors (Lipinski definition) is 2. The first-order chi connectivity index (χ1) is 11.5. The van der Waals surface area contributed by atoms with Crippen LogP contribution >= 0.6 is 11.3 Å². The van der Waals surface area contributed by atoms with Crippen LogP contribution < -0.4 is 5.32 Å². The molecule has 1 saturated carbocycles. The summed E-state index contributed by atoms with van der Waals surface area (Å²) in [7, 11) is 0. The van der Waals surface area contributed by atoms with Crippen LogP contribution in [0.3, 0.4) is 0 Å². The van der Waals surface area contributed by atoms with Gasteiger partial charge in [0.2, 0.25) is 5.91 Å². The summed E-state index contributed by atoms with van der Waals surface area (Å²) in [5.41, 5.74) is 1.37. The third-order valence-electron chi connectivity index (χ3n) is 4.63. The molecule has 0 unspecified atom stereocenters. The molecule has 0 bridgehead atoms. The Labute approximate surface area is 145 Å². The molecule has 24 heavy (non-hydrogen) atoms. The number of benzene rings is 1. The first-order valence-corrected chi connectivity index (χ1v) is 9.09. The standard InChI is InChI=1S/C19H21NO3S/c1-12-7-9-14(10-8-12)18(21)20-15-11-16(24-17(15)19(22)23)13-5-3-2-4-6-13/h2-6,11-12,14H,7-10H2,1H3,(H,20,21)(H,22,23). The van der Waals surface area contributed by atoms with Gasteiger partial charge in [-0.1, -0.05) is 37.3 Å². The molecule has 0 saturated heterocycles. The number of carboxylic acid groups (broad SMARTS) is 1. The second kappa shape index (κ2) is 7.18. The van der Waals surface area contributed by atoms with Crippen molar-refractivity contribution in [1.82, 2.24) is 0 Å². The van der Waals surface area contributed by atoms with Crippen LogP contribution in [0.2, 0.25) is 0 Å².